The van der Waals surface area contributed by atoms with E-state index in [-0.39, 0.29) is 5.69 Å². The summed E-state index contributed by atoms with van der Waals surface area (Å²) in [5.41, 5.74) is -0.0420. The molecule has 6 nitrogen and oxygen atoms in total. The van der Waals surface area contributed by atoms with Gasteiger partial charge in [-0.2, -0.15) is 4.98 Å². The first-order chi connectivity index (χ1) is 10.1. The number of pyridine rings is 1. The molecule has 0 atom stereocenters. The zero-order valence-corrected chi connectivity index (χ0v) is 13.0. The fourth-order valence-corrected chi connectivity index (χ4v) is 2.12. The minimum atomic E-state index is -0.468. The molecule has 0 fully saturated rings. The van der Waals surface area contributed by atoms with E-state index in [0.717, 1.165) is 13.0 Å². The summed E-state index contributed by atoms with van der Waals surface area (Å²) in [6.07, 6.45) is 0.991. The summed E-state index contributed by atoms with van der Waals surface area (Å²) in [5.74, 6) is 1.44. The van der Waals surface area contributed by atoms with Crippen LogP contribution in [0.15, 0.2) is 40.9 Å². The highest BCUT2D eigenvalue weighted by Crippen LogP contribution is 2.29. The molecule has 0 bridgehead atoms. The van der Waals surface area contributed by atoms with Crippen molar-refractivity contribution in [2.75, 3.05) is 11.9 Å². The Morgan fingerprint density at radius 3 is 2.90 bits per heavy atom. The van der Waals surface area contributed by atoms with Gasteiger partial charge in [0.15, 0.2) is 0 Å². The number of nitro groups is 1. The van der Waals surface area contributed by atoms with Crippen LogP contribution in [0.3, 0.4) is 0 Å². The number of nitro benzene ring substituents is 1. The van der Waals surface area contributed by atoms with Crippen molar-refractivity contribution in [3.63, 3.8) is 0 Å². The number of non-ortho nitro benzene ring substituents is 1. The van der Waals surface area contributed by atoms with Gasteiger partial charge in [0.05, 0.1) is 11.0 Å². The number of hydrogen-bond donors (Lipinski definition) is 1. The van der Waals surface area contributed by atoms with Crippen LogP contribution in [0.25, 0.3) is 0 Å². The fourth-order valence-electron chi connectivity index (χ4n) is 1.66. The van der Waals surface area contributed by atoms with Gasteiger partial charge in [0.1, 0.15) is 11.6 Å². The minimum Gasteiger partial charge on any atom is -0.439 e. The van der Waals surface area contributed by atoms with Crippen molar-refractivity contribution in [2.24, 2.45) is 0 Å². The van der Waals surface area contributed by atoms with Gasteiger partial charge >= 0.3 is 0 Å². The number of rotatable bonds is 6. The molecule has 2 aromatic rings. The molecular weight excluding hydrogens is 338 g/mol. The van der Waals surface area contributed by atoms with E-state index >= 15 is 0 Å². The van der Waals surface area contributed by atoms with E-state index in [0.29, 0.717) is 21.9 Å². The van der Waals surface area contributed by atoms with Crippen LogP contribution < -0.4 is 10.1 Å². The highest BCUT2D eigenvalue weighted by Gasteiger charge is 2.10. The number of aromatic nitrogens is 1. The number of ether oxygens (including phenoxy) is 1. The molecule has 1 aromatic heterocycles. The third-order valence-corrected chi connectivity index (χ3v) is 3.03. The molecule has 1 heterocycles. The molecule has 0 amide bonds. The normalized spacial score (nSPS) is 10.2. The molecule has 0 spiro atoms. The second-order valence-electron chi connectivity index (χ2n) is 4.29. The summed E-state index contributed by atoms with van der Waals surface area (Å²) in [6.45, 7) is 2.88. The first kappa shape index (κ1) is 15.2. The Kier molecular flexibility index (Phi) is 5.10. The van der Waals surface area contributed by atoms with Gasteiger partial charge < -0.3 is 10.1 Å². The van der Waals surface area contributed by atoms with Crippen LogP contribution in [0.4, 0.5) is 11.5 Å². The minimum absolute atomic E-state index is 0.0420. The van der Waals surface area contributed by atoms with Gasteiger partial charge in [0, 0.05) is 23.2 Å². The Morgan fingerprint density at radius 1 is 1.38 bits per heavy atom. The van der Waals surface area contributed by atoms with Crippen LogP contribution in [0, 0.1) is 10.1 Å². The molecule has 1 aromatic carbocycles. The van der Waals surface area contributed by atoms with E-state index in [9.17, 15) is 10.1 Å². The molecule has 0 saturated heterocycles. The number of hydrogen-bond acceptors (Lipinski definition) is 5. The summed E-state index contributed by atoms with van der Waals surface area (Å²) in [4.78, 5) is 14.7. The molecule has 110 valence electrons. The average molecular weight is 352 g/mol. The predicted molar refractivity (Wildman–Crippen MR) is 83.9 cm³/mol. The molecule has 1 N–H and O–H groups in total. The quantitative estimate of drug-likeness (QED) is 0.617. The predicted octanol–water partition coefficient (Wildman–Crippen LogP) is 4.37. The number of benzene rings is 1. The molecule has 0 radical (unpaired) electrons. The highest BCUT2D eigenvalue weighted by atomic mass is 79.9. The van der Waals surface area contributed by atoms with E-state index in [1.165, 1.54) is 12.1 Å². The van der Waals surface area contributed by atoms with E-state index in [1.807, 2.05) is 12.1 Å². The lowest BCUT2D eigenvalue weighted by Gasteiger charge is -2.08. The van der Waals surface area contributed by atoms with E-state index in [1.54, 1.807) is 12.1 Å². The molecule has 21 heavy (non-hydrogen) atoms. The van der Waals surface area contributed by atoms with Crippen molar-refractivity contribution in [2.45, 2.75) is 13.3 Å². The van der Waals surface area contributed by atoms with Crippen molar-refractivity contribution in [1.82, 2.24) is 4.98 Å². The van der Waals surface area contributed by atoms with Crippen LogP contribution in [-0.4, -0.2) is 16.5 Å². The third kappa shape index (κ3) is 4.42. The summed E-state index contributed by atoms with van der Waals surface area (Å²) in [5, 5.41) is 14.0. The summed E-state index contributed by atoms with van der Waals surface area (Å²) in [7, 11) is 0. The van der Waals surface area contributed by atoms with Crippen molar-refractivity contribution in [3.05, 3.63) is 51.0 Å². The van der Waals surface area contributed by atoms with Crippen LogP contribution in [-0.2, 0) is 0 Å². The molecule has 2 rings (SSSR count). The van der Waals surface area contributed by atoms with Crippen LogP contribution in [0.2, 0.25) is 0 Å². The maximum atomic E-state index is 10.8. The summed E-state index contributed by atoms with van der Waals surface area (Å²) < 4.78 is 6.16. The standard InChI is InChI=1S/C14H14BrN3O3/c1-2-6-16-13-4-3-5-14(17-13)21-12-8-10(15)7-11(9-12)18(19)20/h3-5,7-9H,2,6H2,1H3,(H,16,17). The smallest absolute Gasteiger partial charge is 0.274 e. The topological polar surface area (TPSA) is 77.3 Å². The average Bonchev–Trinajstić information content (AvgIpc) is 2.45. The van der Waals surface area contributed by atoms with Crippen molar-refractivity contribution in [3.8, 4) is 11.6 Å². The van der Waals surface area contributed by atoms with Crippen LogP contribution >= 0.6 is 15.9 Å². The lowest BCUT2D eigenvalue weighted by atomic mass is 10.3. The Bertz CT molecular complexity index is 649. The second kappa shape index (κ2) is 7.03. The molecule has 0 aliphatic carbocycles. The highest BCUT2D eigenvalue weighted by molar-refractivity contribution is 9.10. The molecular formula is C14H14BrN3O3. The Balaban J connectivity index is 2.19. The molecule has 0 unspecified atom stereocenters. The lowest BCUT2D eigenvalue weighted by Crippen LogP contribution is -2.02. The van der Waals surface area contributed by atoms with Crippen molar-refractivity contribution >= 4 is 27.4 Å². The van der Waals surface area contributed by atoms with E-state index in [2.05, 4.69) is 33.2 Å². The third-order valence-electron chi connectivity index (χ3n) is 2.57. The van der Waals surface area contributed by atoms with E-state index in [4.69, 9.17) is 4.74 Å². The summed E-state index contributed by atoms with van der Waals surface area (Å²) >= 11 is 3.23. The van der Waals surface area contributed by atoms with Gasteiger partial charge in [-0.05, 0) is 18.6 Å². The van der Waals surface area contributed by atoms with Crippen LogP contribution in [0.1, 0.15) is 13.3 Å². The van der Waals surface area contributed by atoms with E-state index < -0.39 is 4.92 Å². The number of nitrogens with one attached hydrogen (secondary N) is 1. The monoisotopic (exact) mass is 351 g/mol. The summed E-state index contributed by atoms with van der Waals surface area (Å²) in [6, 6.07) is 9.78. The largest absolute Gasteiger partial charge is 0.439 e. The first-order valence-electron chi connectivity index (χ1n) is 6.42. The zero-order valence-electron chi connectivity index (χ0n) is 11.4. The van der Waals surface area contributed by atoms with Crippen molar-refractivity contribution < 1.29 is 9.66 Å². The van der Waals surface area contributed by atoms with Gasteiger partial charge in [0.25, 0.3) is 5.69 Å². The fraction of sp³-hybridized carbons (Fsp3) is 0.214. The Labute approximate surface area is 130 Å². The molecule has 0 saturated carbocycles. The van der Waals surface area contributed by atoms with Gasteiger partial charge in [-0.15, -0.1) is 0 Å². The number of anilines is 1. The molecule has 7 heteroatoms. The van der Waals surface area contributed by atoms with Gasteiger partial charge in [-0.1, -0.05) is 28.9 Å². The van der Waals surface area contributed by atoms with Gasteiger partial charge in [-0.25, -0.2) is 0 Å². The maximum absolute atomic E-state index is 10.8. The SMILES string of the molecule is CCCNc1cccc(Oc2cc(Br)cc([N+](=O)[O-])c2)n1. The number of nitrogens with zero attached hydrogens (tertiary/aromatic N) is 2. The van der Waals surface area contributed by atoms with Gasteiger partial charge in [-0.3, -0.25) is 10.1 Å². The molecule has 0 aliphatic rings. The molecule has 0 aliphatic heterocycles. The lowest BCUT2D eigenvalue weighted by molar-refractivity contribution is -0.385. The second-order valence-corrected chi connectivity index (χ2v) is 5.21. The number of halogens is 1. The van der Waals surface area contributed by atoms with Gasteiger partial charge in [0.2, 0.25) is 5.88 Å². The maximum Gasteiger partial charge on any atom is 0.274 e. The Hall–Kier alpha value is -2.15. The van der Waals surface area contributed by atoms with Crippen LogP contribution in [0.5, 0.6) is 11.6 Å². The zero-order chi connectivity index (χ0) is 15.2. The van der Waals surface area contributed by atoms with Crippen molar-refractivity contribution in [1.29, 1.82) is 0 Å². The first-order valence-corrected chi connectivity index (χ1v) is 7.21. The Morgan fingerprint density at radius 2 is 2.19 bits per heavy atom.